The van der Waals surface area contributed by atoms with Crippen LogP contribution >= 0.6 is 0 Å². The third-order valence-corrected chi connectivity index (χ3v) is 6.34. The van der Waals surface area contributed by atoms with E-state index in [0.29, 0.717) is 0 Å². The van der Waals surface area contributed by atoms with Gasteiger partial charge >= 0.3 is 0 Å². The lowest BCUT2D eigenvalue weighted by atomic mass is 9.90. The van der Waals surface area contributed by atoms with Crippen LogP contribution in [0.15, 0.2) is 40.3 Å². The zero-order valence-electron chi connectivity index (χ0n) is 12.8. The van der Waals surface area contributed by atoms with Crippen molar-refractivity contribution >= 4 is 15.8 Å². The van der Waals surface area contributed by atoms with Gasteiger partial charge in [-0.3, -0.25) is 4.79 Å². The molecule has 118 valence electrons. The van der Waals surface area contributed by atoms with E-state index in [-0.39, 0.29) is 23.8 Å². The van der Waals surface area contributed by atoms with Crippen LogP contribution in [0.25, 0.3) is 0 Å². The molecular formula is C17H21NO3S. The molecule has 0 spiro atoms. The van der Waals surface area contributed by atoms with Crippen molar-refractivity contribution in [1.82, 2.24) is 4.31 Å². The number of carbonyl (C=O) groups is 1. The van der Waals surface area contributed by atoms with Gasteiger partial charge in [0.05, 0.1) is 11.4 Å². The van der Waals surface area contributed by atoms with E-state index in [1.807, 2.05) is 6.92 Å². The van der Waals surface area contributed by atoms with Crippen molar-refractivity contribution < 1.29 is 13.2 Å². The van der Waals surface area contributed by atoms with Gasteiger partial charge in [0.25, 0.3) is 0 Å². The first kappa shape index (κ1) is 15.4. The fourth-order valence-electron chi connectivity index (χ4n) is 3.19. The Labute approximate surface area is 131 Å². The standard InChI is InChI=1S/C17H21NO3S/c1-13-7-9-15(10-8-13)22(20,21)18-11-16(17(19)12-18)14-5-3-2-4-6-14/h7-10H,2-6,11-12H2,1H3. The van der Waals surface area contributed by atoms with Crippen LogP contribution in [0.2, 0.25) is 0 Å². The second kappa shape index (κ2) is 5.97. The van der Waals surface area contributed by atoms with Crippen LogP contribution in [0.5, 0.6) is 0 Å². The molecule has 1 aliphatic carbocycles. The fourth-order valence-corrected chi connectivity index (χ4v) is 4.56. The average Bonchev–Trinajstić information content (AvgIpc) is 2.91. The Morgan fingerprint density at radius 3 is 2.23 bits per heavy atom. The highest BCUT2D eigenvalue weighted by molar-refractivity contribution is 7.89. The molecule has 1 aromatic rings. The maximum absolute atomic E-state index is 12.7. The molecule has 2 fully saturated rings. The molecule has 22 heavy (non-hydrogen) atoms. The number of ketones is 1. The summed E-state index contributed by atoms with van der Waals surface area (Å²) >= 11 is 0. The second-order valence-electron chi connectivity index (χ2n) is 6.15. The molecule has 4 nitrogen and oxygen atoms in total. The predicted molar refractivity (Wildman–Crippen MR) is 85.1 cm³/mol. The first-order valence-corrected chi connectivity index (χ1v) is 9.23. The van der Waals surface area contributed by atoms with Gasteiger partial charge in [-0.25, -0.2) is 8.42 Å². The summed E-state index contributed by atoms with van der Waals surface area (Å²) in [6.07, 6.45) is 5.31. The first-order valence-electron chi connectivity index (χ1n) is 7.79. The van der Waals surface area contributed by atoms with Gasteiger partial charge < -0.3 is 0 Å². The quantitative estimate of drug-likeness (QED) is 0.788. The van der Waals surface area contributed by atoms with Crippen LogP contribution in [0, 0.1) is 6.92 Å². The Hall–Kier alpha value is -1.46. The average molecular weight is 319 g/mol. The SMILES string of the molecule is Cc1ccc(S(=O)(=O)N2CC(=O)C(=C3CCCCC3)C2)cc1. The maximum atomic E-state index is 12.7. The highest BCUT2D eigenvalue weighted by Gasteiger charge is 2.36. The molecule has 0 atom stereocenters. The van der Waals surface area contributed by atoms with Crippen LogP contribution in [0.3, 0.4) is 0 Å². The highest BCUT2D eigenvalue weighted by atomic mass is 32.2. The summed E-state index contributed by atoms with van der Waals surface area (Å²) in [7, 11) is -3.58. The molecule has 0 amide bonds. The van der Waals surface area contributed by atoms with Crippen molar-refractivity contribution in [3.8, 4) is 0 Å². The normalized spacial score (nSPS) is 20.7. The number of Topliss-reactive ketones (excluding diaryl/α,β-unsaturated/α-hetero) is 1. The van der Waals surface area contributed by atoms with Gasteiger partial charge in [0, 0.05) is 12.1 Å². The molecule has 0 N–H and O–H groups in total. The van der Waals surface area contributed by atoms with Crippen molar-refractivity contribution in [3.05, 3.63) is 41.0 Å². The van der Waals surface area contributed by atoms with E-state index in [4.69, 9.17) is 0 Å². The van der Waals surface area contributed by atoms with Gasteiger partial charge in [-0.2, -0.15) is 4.31 Å². The number of carbonyl (C=O) groups excluding carboxylic acids is 1. The van der Waals surface area contributed by atoms with E-state index in [1.54, 1.807) is 24.3 Å². The van der Waals surface area contributed by atoms with Crippen molar-refractivity contribution in [2.45, 2.75) is 43.9 Å². The molecular weight excluding hydrogens is 298 g/mol. The zero-order chi connectivity index (χ0) is 15.7. The smallest absolute Gasteiger partial charge is 0.243 e. The monoisotopic (exact) mass is 319 g/mol. The van der Waals surface area contributed by atoms with Crippen molar-refractivity contribution in [1.29, 1.82) is 0 Å². The summed E-state index contributed by atoms with van der Waals surface area (Å²) in [4.78, 5) is 12.5. The lowest BCUT2D eigenvalue weighted by Crippen LogP contribution is -2.29. The number of hydrogen-bond acceptors (Lipinski definition) is 3. The number of allylic oxidation sites excluding steroid dienone is 1. The molecule has 2 aliphatic rings. The third-order valence-electron chi connectivity index (χ3n) is 4.53. The molecule has 5 heteroatoms. The van der Waals surface area contributed by atoms with E-state index in [1.165, 1.54) is 16.3 Å². The number of nitrogens with zero attached hydrogens (tertiary/aromatic N) is 1. The molecule has 0 aromatic heterocycles. The highest BCUT2D eigenvalue weighted by Crippen LogP contribution is 2.30. The maximum Gasteiger partial charge on any atom is 0.243 e. The molecule has 1 saturated carbocycles. The van der Waals surface area contributed by atoms with Gasteiger partial charge in [0.2, 0.25) is 10.0 Å². The van der Waals surface area contributed by atoms with Crippen LogP contribution < -0.4 is 0 Å². The fraction of sp³-hybridized carbons (Fsp3) is 0.471. The van der Waals surface area contributed by atoms with Gasteiger partial charge in [-0.05, 0) is 44.7 Å². The molecule has 0 radical (unpaired) electrons. The van der Waals surface area contributed by atoms with E-state index >= 15 is 0 Å². The minimum atomic E-state index is -3.58. The zero-order valence-corrected chi connectivity index (χ0v) is 13.7. The van der Waals surface area contributed by atoms with E-state index in [9.17, 15) is 13.2 Å². The minimum absolute atomic E-state index is 0.0188. The summed E-state index contributed by atoms with van der Waals surface area (Å²) in [6, 6.07) is 6.79. The third kappa shape index (κ3) is 2.88. The molecule has 0 bridgehead atoms. The largest absolute Gasteiger partial charge is 0.293 e. The Balaban J connectivity index is 1.87. The predicted octanol–water partition coefficient (Wildman–Crippen LogP) is 2.83. The molecule has 1 aromatic carbocycles. The summed E-state index contributed by atoms with van der Waals surface area (Å²) in [5.41, 5.74) is 2.94. The van der Waals surface area contributed by atoms with Crippen LogP contribution in [0.1, 0.15) is 37.7 Å². The Morgan fingerprint density at radius 1 is 0.955 bits per heavy atom. The van der Waals surface area contributed by atoms with Crippen LogP contribution in [0.4, 0.5) is 0 Å². The molecule has 1 saturated heterocycles. The topological polar surface area (TPSA) is 54.5 Å². The summed E-state index contributed by atoms with van der Waals surface area (Å²) in [6.45, 7) is 2.14. The van der Waals surface area contributed by atoms with Crippen molar-refractivity contribution in [2.75, 3.05) is 13.1 Å². The molecule has 1 aliphatic heterocycles. The molecule has 0 unspecified atom stereocenters. The van der Waals surface area contributed by atoms with Crippen molar-refractivity contribution in [3.63, 3.8) is 0 Å². The first-order chi connectivity index (χ1) is 10.5. The van der Waals surface area contributed by atoms with Crippen LogP contribution in [-0.2, 0) is 14.8 Å². The van der Waals surface area contributed by atoms with E-state index in [0.717, 1.165) is 36.8 Å². The number of aryl methyl sites for hydroxylation is 1. The number of benzene rings is 1. The van der Waals surface area contributed by atoms with Crippen molar-refractivity contribution in [2.24, 2.45) is 0 Å². The molecule has 3 rings (SSSR count). The van der Waals surface area contributed by atoms with E-state index in [2.05, 4.69) is 0 Å². The van der Waals surface area contributed by atoms with Crippen LogP contribution in [-0.4, -0.2) is 31.6 Å². The van der Waals surface area contributed by atoms with Gasteiger partial charge in [-0.15, -0.1) is 0 Å². The van der Waals surface area contributed by atoms with Gasteiger partial charge in [0.1, 0.15) is 0 Å². The summed E-state index contributed by atoms with van der Waals surface area (Å²) in [5, 5.41) is 0. The number of hydrogen-bond donors (Lipinski definition) is 0. The second-order valence-corrected chi connectivity index (χ2v) is 8.09. The summed E-state index contributed by atoms with van der Waals surface area (Å²) in [5.74, 6) is -0.0208. The summed E-state index contributed by atoms with van der Waals surface area (Å²) < 4.78 is 26.7. The molecule has 1 heterocycles. The lowest BCUT2D eigenvalue weighted by molar-refractivity contribution is -0.114. The van der Waals surface area contributed by atoms with Gasteiger partial charge in [-0.1, -0.05) is 29.7 Å². The number of sulfonamides is 1. The Kier molecular flexibility index (Phi) is 4.19. The lowest BCUT2D eigenvalue weighted by Gasteiger charge is -2.17. The van der Waals surface area contributed by atoms with Gasteiger partial charge in [0.15, 0.2) is 5.78 Å². The Bertz CT molecular complexity index is 709. The number of rotatable bonds is 2. The minimum Gasteiger partial charge on any atom is -0.293 e. The Morgan fingerprint density at radius 2 is 1.59 bits per heavy atom. The van der Waals surface area contributed by atoms with E-state index < -0.39 is 10.0 Å².